The van der Waals surface area contributed by atoms with E-state index >= 15 is 0 Å². The maximum Gasteiger partial charge on any atom is 0.299 e. The van der Waals surface area contributed by atoms with Gasteiger partial charge in [0.05, 0.1) is 11.3 Å². The third-order valence-corrected chi connectivity index (χ3v) is 2.87. The molecule has 0 unspecified atom stereocenters. The number of anilines is 1. The molecule has 15 heavy (non-hydrogen) atoms. The van der Waals surface area contributed by atoms with Gasteiger partial charge in [-0.3, -0.25) is 9.59 Å². The van der Waals surface area contributed by atoms with Crippen LogP contribution < -0.4 is 4.90 Å². The van der Waals surface area contributed by atoms with Crippen molar-refractivity contribution >= 4 is 33.3 Å². The Morgan fingerprint density at radius 2 is 2.07 bits per heavy atom. The fraction of sp³-hybridized carbons (Fsp3) is 0.273. The first-order chi connectivity index (χ1) is 7.15. The van der Waals surface area contributed by atoms with Crippen LogP contribution in [0.5, 0.6) is 0 Å². The summed E-state index contributed by atoms with van der Waals surface area (Å²) in [7, 11) is 0. The zero-order valence-corrected chi connectivity index (χ0v) is 9.87. The van der Waals surface area contributed by atoms with E-state index in [2.05, 4.69) is 15.9 Å². The molecule has 1 aliphatic rings. The van der Waals surface area contributed by atoms with Gasteiger partial charge in [-0.25, -0.2) is 0 Å². The number of benzene rings is 1. The molecule has 1 aromatic rings. The van der Waals surface area contributed by atoms with Crippen molar-refractivity contribution in [3.63, 3.8) is 0 Å². The molecule has 0 saturated heterocycles. The Kier molecular flexibility index (Phi) is 2.61. The smallest absolute Gasteiger partial charge is 0.299 e. The first kappa shape index (κ1) is 10.4. The number of Topliss-reactive ketones (excluding diaryl/α,β-unsaturated/α-hetero) is 1. The van der Waals surface area contributed by atoms with Crippen molar-refractivity contribution in [1.29, 1.82) is 0 Å². The van der Waals surface area contributed by atoms with Gasteiger partial charge in [0.15, 0.2) is 0 Å². The lowest BCUT2D eigenvalue weighted by molar-refractivity contribution is -0.114. The molecule has 0 atom stereocenters. The quantitative estimate of drug-likeness (QED) is 0.772. The van der Waals surface area contributed by atoms with Gasteiger partial charge in [-0.2, -0.15) is 0 Å². The molecule has 0 spiro atoms. The highest BCUT2D eigenvalue weighted by atomic mass is 79.9. The summed E-state index contributed by atoms with van der Waals surface area (Å²) < 4.78 is 0.820. The highest BCUT2D eigenvalue weighted by molar-refractivity contribution is 9.10. The molecule has 1 amide bonds. The van der Waals surface area contributed by atoms with Crippen LogP contribution in [0.3, 0.4) is 0 Å². The molecular weight excluding hydrogens is 258 g/mol. The number of hydrogen-bond acceptors (Lipinski definition) is 2. The number of ketones is 1. The van der Waals surface area contributed by atoms with Crippen molar-refractivity contribution in [3.8, 4) is 0 Å². The van der Waals surface area contributed by atoms with Crippen LogP contribution >= 0.6 is 15.9 Å². The third kappa shape index (κ3) is 1.59. The summed E-state index contributed by atoms with van der Waals surface area (Å²) in [6, 6.07) is 5.34. The first-order valence-electron chi connectivity index (χ1n) is 4.81. The standard InChI is InChI=1S/C11H10BrNO2/c1-2-5-13-9-4-3-7(12)6-8(9)10(14)11(13)15/h3-4,6H,2,5H2,1H3. The molecule has 1 aliphatic heterocycles. The van der Waals surface area contributed by atoms with E-state index in [0.29, 0.717) is 12.1 Å². The first-order valence-corrected chi connectivity index (χ1v) is 5.60. The topological polar surface area (TPSA) is 37.4 Å². The Balaban J connectivity index is 2.50. The molecule has 4 heteroatoms. The molecule has 0 N–H and O–H groups in total. The van der Waals surface area contributed by atoms with Crippen LogP contribution in [0.1, 0.15) is 23.7 Å². The number of carbonyl (C=O) groups excluding carboxylic acids is 2. The van der Waals surface area contributed by atoms with Gasteiger partial charge < -0.3 is 4.90 Å². The van der Waals surface area contributed by atoms with Crippen LogP contribution in [0.4, 0.5) is 5.69 Å². The maximum absolute atomic E-state index is 11.6. The minimum atomic E-state index is -0.412. The van der Waals surface area contributed by atoms with E-state index in [1.807, 2.05) is 13.0 Å². The van der Waals surface area contributed by atoms with Crippen molar-refractivity contribution in [2.24, 2.45) is 0 Å². The zero-order valence-electron chi connectivity index (χ0n) is 8.29. The van der Waals surface area contributed by atoms with E-state index in [-0.39, 0.29) is 0 Å². The van der Waals surface area contributed by atoms with Gasteiger partial charge in [0.1, 0.15) is 0 Å². The summed E-state index contributed by atoms with van der Waals surface area (Å²) in [6.07, 6.45) is 0.842. The second kappa shape index (κ2) is 3.77. The molecule has 2 rings (SSSR count). The summed E-state index contributed by atoms with van der Waals surface area (Å²) in [4.78, 5) is 24.8. The number of fused-ring (bicyclic) bond motifs is 1. The molecule has 0 radical (unpaired) electrons. The Hall–Kier alpha value is -1.16. The van der Waals surface area contributed by atoms with Gasteiger partial charge >= 0.3 is 0 Å². The summed E-state index contributed by atoms with van der Waals surface area (Å²) >= 11 is 3.29. The van der Waals surface area contributed by atoms with Gasteiger partial charge in [-0.05, 0) is 24.6 Å². The normalized spacial score (nSPS) is 14.7. The van der Waals surface area contributed by atoms with Crippen LogP contribution in [0.15, 0.2) is 22.7 Å². The van der Waals surface area contributed by atoms with E-state index in [1.54, 1.807) is 17.0 Å². The number of carbonyl (C=O) groups is 2. The molecule has 0 bridgehead atoms. The lowest BCUT2D eigenvalue weighted by Gasteiger charge is -2.14. The van der Waals surface area contributed by atoms with Gasteiger partial charge in [-0.15, -0.1) is 0 Å². The fourth-order valence-electron chi connectivity index (χ4n) is 1.72. The Bertz CT molecular complexity index is 442. The van der Waals surface area contributed by atoms with Crippen molar-refractivity contribution in [1.82, 2.24) is 0 Å². The average molecular weight is 268 g/mol. The molecule has 3 nitrogen and oxygen atoms in total. The van der Waals surface area contributed by atoms with Crippen molar-refractivity contribution in [3.05, 3.63) is 28.2 Å². The molecule has 0 saturated carbocycles. The summed E-state index contributed by atoms with van der Waals surface area (Å²) in [5.41, 5.74) is 1.23. The second-order valence-corrected chi connectivity index (χ2v) is 4.36. The minimum absolute atomic E-state index is 0.403. The fourth-order valence-corrected chi connectivity index (χ4v) is 2.08. The molecule has 1 heterocycles. The maximum atomic E-state index is 11.6. The van der Waals surface area contributed by atoms with Crippen LogP contribution in [0, 0.1) is 0 Å². The molecule has 0 aromatic heterocycles. The van der Waals surface area contributed by atoms with Gasteiger partial charge in [0.25, 0.3) is 11.7 Å². The SMILES string of the molecule is CCCN1C(=O)C(=O)c2cc(Br)ccc21. The Morgan fingerprint density at radius 1 is 1.33 bits per heavy atom. The predicted octanol–water partition coefficient (Wildman–Crippen LogP) is 2.39. The number of nitrogens with zero attached hydrogens (tertiary/aromatic N) is 1. The number of hydrogen-bond donors (Lipinski definition) is 0. The summed E-state index contributed by atoms with van der Waals surface area (Å²) in [6.45, 7) is 2.58. The monoisotopic (exact) mass is 267 g/mol. The summed E-state index contributed by atoms with van der Waals surface area (Å²) in [5.74, 6) is -0.815. The minimum Gasteiger partial charge on any atom is -0.305 e. The van der Waals surface area contributed by atoms with Gasteiger partial charge in [0, 0.05) is 11.0 Å². The van der Waals surface area contributed by atoms with Crippen molar-refractivity contribution < 1.29 is 9.59 Å². The molecule has 78 valence electrons. The van der Waals surface area contributed by atoms with E-state index < -0.39 is 11.7 Å². The summed E-state index contributed by atoms with van der Waals surface area (Å²) in [5, 5.41) is 0. The Morgan fingerprint density at radius 3 is 2.73 bits per heavy atom. The van der Waals surface area contributed by atoms with Crippen LogP contribution in [-0.4, -0.2) is 18.2 Å². The van der Waals surface area contributed by atoms with E-state index in [1.165, 1.54) is 0 Å². The van der Waals surface area contributed by atoms with Crippen LogP contribution in [0.2, 0.25) is 0 Å². The van der Waals surface area contributed by atoms with Crippen molar-refractivity contribution in [2.45, 2.75) is 13.3 Å². The van der Waals surface area contributed by atoms with Gasteiger partial charge in [-0.1, -0.05) is 22.9 Å². The van der Waals surface area contributed by atoms with E-state index in [9.17, 15) is 9.59 Å². The van der Waals surface area contributed by atoms with Gasteiger partial charge in [0.2, 0.25) is 0 Å². The molecule has 0 aliphatic carbocycles. The third-order valence-electron chi connectivity index (χ3n) is 2.38. The molecule has 0 fully saturated rings. The Labute approximate surface area is 96.2 Å². The average Bonchev–Trinajstić information content (AvgIpc) is 2.44. The number of amides is 1. The largest absolute Gasteiger partial charge is 0.305 e. The predicted molar refractivity (Wildman–Crippen MR) is 61.1 cm³/mol. The van der Waals surface area contributed by atoms with E-state index in [4.69, 9.17) is 0 Å². The van der Waals surface area contributed by atoms with E-state index in [0.717, 1.165) is 16.6 Å². The lowest BCUT2D eigenvalue weighted by atomic mass is 10.1. The highest BCUT2D eigenvalue weighted by Crippen LogP contribution is 2.31. The second-order valence-electron chi connectivity index (χ2n) is 3.45. The number of rotatable bonds is 2. The zero-order chi connectivity index (χ0) is 11.0. The highest BCUT2D eigenvalue weighted by Gasteiger charge is 2.34. The van der Waals surface area contributed by atoms with Crippen LogP contribution in [0.25, 0.3) is 0 Å². The molecular formula is C11H10BrNO2. The van der Waals surface area contributed by atoms with Crippen molar-refractivity contribution in [2.75, 3.05) is 11.4 Å². The molecule has 1 aromatic carbocycles. The lowest BCUT2D eigenvalue weighted by Crippen LogP contribution is -2.30. The number of halogens is 1. The van der Waals surface area contributed by atoms with Crippen LogP contribution in [-0.2, 0) is 4.79 Å².